The average molecular weight is 394 g/mol. The van der Waals surface area contributed by atoms with Crippen LogP contribution < -0.4 is 4.90 Å². The molecule has 7 heteroatoms. The molecule has 3 rings (SSSR count). The molecule has 0 unspecified atom stereocenters. The molecule has 1 aromatic heterocycles. The van der Waals surface area contributed by atoms with Crippen LogP contribution in [0, 0.1) is 11.3 Å². The van der Waals surface area contributed by atoms with Gasteiger partial charge in [0.2, 0.25) is 5.95 Å². The monoisotopic (exact) mass is 393 g/mol. The van der Waals surface area contributed by atoms with Gasteiger partial charge in [-0.15, -0.1) is 24.8 Å². The fraction of sp³-hybridized carbons (Fsp3) is 0.421. The van der Waals surface area contributed by atoms with Gasteiger partial charge in [0.05, 0.1) is 12.5 Å². The molecule has 0 amide bonds. The van der Waals surface area contributed by atoms with Crippen molar-refractivity contribution < 1.29 is 0 Å². The summed E-state index contributed by atoms with van der Waals surface area (Å²) in [6.07, 6.45) is 4.21. The maximum Gasteiger partial charge on any atom is 0.225 e. The van der Waals surface area contributed by atoms with Crippen molar-refractivity contribution in [1.82, 2.24) is 14.9 Å². The molecule has 0 atom stereocenters. The lowest BCUT2D eigenvalue weighted by molar-refractivity contribution is 0.208. The highest BCUT2D eigenvalue weighted by Crippen LogP contribution is 2.20. The molecule has 1 aromatic carbocycles. The van der Waals surface area contributed by atoms with E-state index in [0.29, 0.717) is 12.5 Å². The summed E-state index contributed by atoms with van der Waals surface area (Å²) in [4.78, 5) is 13.8. The summed E-state index contributed by atoms with van der Waals surface area (Å²) in [5.41, 5.74) is 3.11. The molecule has 5 nitrogen and oxygen atoms in total. The number of anilines is 1. The van der Waals surface area contributed by atoms with Crippen molar-refractivity contribution in [3.8, 4) is 17.2 Å². The smallest absolute Gasteiger partial charge is 0.225 e. The van der Waals surface area contributed by atoms with Gasteiger partial charge in [-0.25, -0.2) is 9.97 Å². The number of hydrogen-bond acceptors (Lipinski definition) is 5. The van der Waals surface area contributed by atoms with Crippen molar-refractivity contribution in [2.45, 2.75) is 26.3 Å². The fourth-order valence-corrected chi connectivity index (χ4v) is 2.98. The van der Waals surface area contributed by atoms with Crippen LogP contribution in [0.2, 0.25) is 0 Å². The van der Waals surface area contributed by atoms with Gasteiger partial charge in [-0.3, -0.25) is 4.90 Å². The lowest BCUT2D eigenvalue weighted by atomic mass is 10.1. The van der Waals surface area contributed by atoms with Crippen LogP contribution in [-0.2, 0) is 6.42 Å². The standard InChI is InChI=1S/C19H23N5.2ClH/c1-15(2)23-9-11-24(12-10-23)19-21-13-18(14-22-19)17-5-3-16(4-6-17)7-8-20;;/h3-6,13-15H,7,9-12H2,1-2H3;2*1H. The van der Waals surface area contributed by atoms with Gasteiger partial charge in [-0.05, 0) is 25.0 Å². The van der Waals surface area contributed by atoms with E-state index in [2.05, 4.69) is 39.7 Å². The number of benzene rings is 1. The molecule has 0 aliphatic carbocycles. The van der Waals surface area contributed by atoms with Crippen LogP contribution in [0.5, 0.6) is 0 Å². The minimum atomic E-state index is 0. The van der Waals surface area contributed by atoms with Crippen LogP contribution in [-0.4, -0.2) is 47.1 Å². The summed E-state index contributed by atoms with van der Waals surface area (Å²) in [7, 11) is 0. The zero-order chi connectivity index (χ0) is 16.9. The zero-order valence-corrected chi connectivity index (χ0v) is 16.8. The number of aromatic nitrogens is 2. The molecule has 2 heterocycles. The first kappa shape index (κ1) is 22.2. The first-order valence-corrected chi connectivity index (χ1v) is 8.44. The Bertz CT molecular complexity index is 702. The fourth-order valence-electron chi connectivity index (χ4n) is 2.98. The molecule has 0 bridgehead atoms. The molecule has 0 saturated carbocycles. The predicted octanol–water partition coefficient (Wildman–Crippen LogP) is 3.58. The number of halogens is 2. The van der Waals surface area contributed by atoms with Gasteiger partial charge in [0, 0.05) is 50.2 Å². The molecular formula is C19H25Cl2N5. The van der Waals surface area contributed by atoms with Gasteiger partial charge in [0.15, 0.2) is 0 Å². The van der Waals surface area contributed by atoms with Crippen LogP contribution >= 0.6 is 24.8 Å². The summed E-state index contributed by atoms with van der Waals surface area (Å²) in [5.74, 6) is 0.809. The summed E-state index contributed by atoms with van der Waals surface area (Å²) < 4.78 is 0. The minimum Gasteiger partial charge on any atom is -0.338 e. The SMILES string of the molecule is CC(C)N1CCN(c2ncc(-c3ccc(CC#N)cc3)cn2)CC1.Cl.Cl. The molecule has 26 heavy (non-hydrogen) atoms. The maximum atomic E-state index is 8.73. The Morgan fingerprint density at radius 1 is 0.962 bits per heavy atom. The number of nitrogens with zero attached hydrogens (tertiary/aromatic N) is 5. The molecule has 140 valence electrons. The quantitative estimate of drug-likeness (QED) is 0.794. The Balaban J connectivity index is 0.00000169. The van der Waals surface area contributed by atoms with Crippen molar-refractivity contribution in [3.05, 3.63) is 42.2 Å². The summed E-state index contributed by atoms with van der Waals surface area (Å²) in [5, 5.41) is 8.73. The number of rotatable bonds is 4. The van der Waals surface area contributed by atoms with Gasteiger partial charge in [-0.2, -0.15) is 5.26 Å². The van der Waals surface area contributed by atoms with Gasteiger partial charge < -0.3 is 4.90 Å². The Hall–Kier alpha value is -1.87. The second-order valence-corrected chi connectivity index (χ2v) is 6.42. The third kappa shape index (κ3) is 5.31. The molecule has 1 aliphatic rings. The molecule has 0 radical (unpaired) electrons. The molecule has 0 N–H and O–H groups in total. The molecular weight excluding hydrogens is 369 g/mol. The van der Waals surface area contributed by atoms with E-state index in [1.165, 1.54) is 0 Å². The van der Waals surface area contributed by atoms with Crippen LogP contribution in [0.15, 0.2) is 36.7 Å². The van der Waals surface area contributed by atoms with Crippen molar-refractivity contribution in [2.24, 2.45) is 0 Å². The van der Waals surface area contributed by atoms with E-state index in [1.54, 1.807) is 0 Å². The molecule has 1 fully saturated rings. The molecule has 2 aromatic rings. The first-order valence-electron chi connectivity index (χ1n) is 8.44. The van der Waals surface area contributed by atoms with Gasteiger partial charge in [-0.1, -0.05) is 24.3 Å². The summed E-state index contributed by atoms with van der Waals surface area (Å²) >= 11 is 0. The highest BCUT2D eigenvalue weighted by atomic mass is 35.5. The maximum absolute atomic E-state index is 8.73. The van der Waals surface area contributed by atoms with E-state index in [-0.39, 0.29) is 24.8 Å². The topological polar surface area (TPSA) is 56.0 Å². The van der Waals surface area contributed by atoms with Crippen molar-refractivity contribution in [2.75, 3.05) is 31.1 Å². The van der Waals surface area contributed by atoms with Crippen molar-refractivity contribution >= 4 is 30.8 Å². The Morgan fingerprint density at radius 2 is 1.54 bits per heavy atom. The Morgan fingerprint density at radius 3 is 2.04 bits per heavy atom. The number of piperazine rings is 1. The van der Waals surface area contributed by atoms with E-state index in [0.717, 1.165) is 48.8 Å². The van der Waals surface area contributed by atoms with Crippen LogP contribution in [0.4, 0.5) is 5.95 Å². The predicted molar refractivity (Wildman–Crippen MR) is 110 cm³/mol. The molecule has 1 aliphatic heterocycles. The average Bonchev–Trinajstić information content (AvgIpc) is 2.63. The highest BCUT2D eigenvalue weighted by molar-refractivity contribution is 5.85. The van der Waals surface area contributed by atoms with Crippen molar-refractivity contribution in [3.63, 3.8) is 0 Å². The van der Waals surface area contributed by atoms with Gasteiger partial charge in [0.1, 0.15) is 0 Å². The third-order valence-electron chi connectivity index (χ3n) is 4.54. The molecule has 0 spiro atoms. The van der Waals surface area contributed by atoms with Crippen LogP contribution in [0.25, 0.3) is 11.1 Å². The zero-order valence-electron chi connectivity index (χ0n) is 15.1. The van der Waals surface area contributed by atoms with E-state index in [9.17, 15) is 0 Å². The minimum absolute atomic E-state index is 0. The van der Waals surface area contributed by atoms with E-state index in [1.807, 2.05) is 36.7 Å². The first-order chi connectivity index (χ1) is 11.7. The van der Waals surface area contributed by atoms with E-state index in [4.69, 9.17) is 5.26 Å². The largest absolute Gasteiger partial charge is 0.338 e. The number of nitriles is 1. The van der Waals surface area contributed by atoms with Crippen molar-refractivity contribution in [1.29, 1.82) is 5.26 Å². The van der Waals surface area contributed by atoms with Crippen LogP contribution in [0.1, 0.15) is 19.4 Å². The van der Waals surface area contributed by atoms with Gasteiger partial charge >= 0.3 is 0 Å². The van der Waals surface area contributed by atoms with E-state index < -0.39 is 0 Å². The second-order valence-electron chi connectivity index (χ2n) is 6.42. The van der Waals surface area contributed by atoms with Crippen LogP contribution in [0.3, 0.4) is 0 Å². The Labute approximate surface area is 167 Å². The normalized spacial score (nSPS) is 14.3. The highest BCUT2D eigenvalue weighted by Gasteiger charge is 2.20. The molecule has 1 saturated heterocycles. The Kier molecular flexibility index (Phi) is 8.80. The second kappa shape index (κ2) is 10.3. The van der Waals surface area contributed by atoms with E-state index >= 15 is 0 Å². The summed E-state index contributed by atoms with van der Waals surface area (Å²) in [6.45, 7) is 8.54. The summed E-state index contributed by atoms with van der Waals surface area (Å²) in [6, 6.07) is 10.8. The van der Waals surface area contributed by atoms with Gasteiger partial charge in [0.25, 0.3) is 0 Å². The lowest BCUT2D eigenvalue weighted by Gasteiger charge is -2.36. The number of hydrogen-bond donors (Lipinski definition) is 0. The third-order valence-corrected chi connectivity index (χ3v) is 4.54. The lowest BCUT2D eigenvalue weighted by Crippen LogP contribution is -2.49.